The van der Waals surface area contributed by atoms with Crippen molar-refractivity contribution in [1.82, 2.24) is 14.8 Å². The first-order valence-corrected chi connectivity index (χ1v) is 5.97. The second-order valence-electron chi connectivity index (χ2n) is 4.04. The molecule has 0 bridgehead atoms. The Kier molecular flexibility index (Phi) is 2.96. The van der Waals surface area contributed by atoms with Gasteiger partial charge >= 0.3 is 0 Å². The number of aryl methyl sites for hydroxylation is 1. The van der Waals surface area contributed by atoms with Crippen LogP contribution in [-0.4, -0.2) is 21.3 Å². The topological polar surface area (TPSA) is 55.9 Å². The molecule has 18 heavy (non-hydrogen) atoms. The van der Waals surface area contributed by atoms with E-state index in [1.807, 2.05) is 29.1 Å². The Morgan fingerprint density at radius 1 is 1.28 bits per heavy atom. The molecule has 0 radical (unpaired) electrons. The van der Waals surface area contributed by atoms with E-state index in [4.69, 9.17) is 4.42 Å². The SMILES string of the molecule is c1cnn(CCCNc2nccc3occc23)c1. The molecule has 3 aromatic heterocycles. The Labute approximate surface area is 104 Å². The molecule has 0 unspecified atom stereocenters. The fourth-order valence-corrected chi connectivity index (χ4v) is 1.92. The third kappa shape index (κ3) is 2.20. The minimum atomic E-state index is 0.858. The molecule has 0 aromatic carbocycles. The molecule has 5 nitrogen and oxygen atoms in total. The number of aromatic nitrogens is 3. The van der Waals surface area contributed by atoms with Crippen molar-refractivity contribution in [3.8, 4) is 0 Å². The fourth-order valence-electron chi connectivity index (χ4n) is 1.92. The zero-order valence-electron chi connectivity index (χ0n) is 9.91. The summed E-state index contributed by atoms with van der Waals surface area (Å²) in [5.74, 6) is 0.877. The van der Waals surface area contributed by atoms with Crippen LogP contribution in [0.25, 0.3) is 11.0 Å². The van der Waals surface area contributed by atoms with E-state index in [0.717, 1.165) is 36.3 Å². The summed E-state index contributed by atoms with van der Waals surface area (Å²) in [5, 5.41) is 8.51. The predicted molar refractivity (Wildman–Crippen MR) is 69.3 cm³/mol. The van der Waals surface area contributed by atoms with Crippen molar-refractivity contribution in [2.24, 2.45) is 0 Å². The van der Waals surface area contributed by atoms with Crippen LogP contribution in [0.2, 0.25) is 0 Å². The zero-order valence-corrected chi connectivity index (χ0v) is 9.91. The molecule has 0 saturated heterocycles. The number of hydrogen-bond donors (Lipinski definition) is 1. The van der Waals surface area contributed by atoms with Gasteiger partial charge in [-0.3, -0.25) is 4.68 Å². The first-order valence-electron chi connectivity index (χ1n) is 5.97. The number of anilines is 1. The third-order valence-corrected chi connectivity index (χ3v) is 2.80. The molecular weight excluding hydrogens is 228 g/mol. The van der Waals surface area contributed by atoms with Crippen molar-refractivity contribution in [3.05, 3.63) is 43.1 Å². The van der Waals surface area contributed by atoms with Crippen LogP contribution in [0.5, 0.6) is 0 Å². The smallest absolute Gasteiger partial charge is 0.139 e. The third-order valence-electron chi connectivity index (χ3n) is 2.80. The first kappa shape index (κ1) is 10.8. The molecule has 3 aromatic rings. The highest BCUT2D eigenvalue weighted by Crippen LogP contribution is 2.21. The van der Waals surface area contributed by atoms with E-state index < -0.39 is 0 Å². The van der Waals surface area contributed by atoms with Crippen LogP contribution >= 0.6 is 0 Å². The second kappa shape index (κ2) is 4.91. The van der Waals surface area contributed by atoms with Crippen LogP contribution in [-0.2, 0) is 6.54 Å². The number of nitrogens with zero attached hydrogens (tertiary/aromatic N) is 3. The van der Waals surface area contributed by atoms with Crippen molar-refractivity contribution in [1.29, 1.82) is 0 Å². The van der Waals surface area contributed by atoms with Crippen molar-refractivity contribution in [3.63, 3.8) is 0 Å². The maximum Gasteiger partial charge on any atom is 0.139 e. The molecule has 3 heterocycles. The summed E-state index contributed by atoms with van der Waals surface area (Å²) in [7, 11) is 0. The van der Waals surface area contributed by atoms with Crippen LogP contribution in [0.1, 0.15) is 6.42 Å². The largest absolute Gasteiger partial charge is 0.464 e. The van der Waals surface area contributed by atoms with E-state index in [1.165, 1.54) is 0 Å². The molecule has 1 N–H and O–H groups in total. The molecule has 0 aliphatic heterocycles. The zero-order chi connectivity index (χ0) is 12.2. The van der Waals surface area contributed by atoms with Gasteiger partial charge in [0.25, 0.3) is 0 Å². The lowest BCUT2D eigenvalue weighted by Gasteiger charge is -2.06. The monoisotopic (exact) mass is 242 g/mol. The van der Waals surface area contributed by atoms with Gasteiger partial charge in [0.1, 0.15) is 11.4 Å². The van der Waals surface area contributed by atoms with Crippen LogP contribution in [0.4, 0.5) is 5.82 Å². The molecule has 0 aliphatic carbocycles. The summed E-state index contributed by atoms with van der Waals surface area (Å²) >= 11 is 0. The summed E-state index contributed by atoms with van der Waals surface area (Å²) in [6.45, 7) is 1.76. The van der Waals surface area contributed by atoms with Gasteiger partial charge in [0, 0.05) is 31.7 Å². The van der Waals surface area contributed by atoms with Gasteiger partial charge in [0.2, 0.25) is 0 Å². The number of pyridine rings is 1. The Hall–Kier alpha value is -2.30. The summed E-state index contributed by atoms with van der Waals surface area (Å²) in [4.78, 5) is 4.32. The molecule has 0 amide bonds. The summed E-state index contributed by atoms with van der Waals surface area (Å²) in [6, 6.07) is 5.73. The predicted octanol–water partition coefficient (Wildman–Crippen LogP) is 2.53. The standard InChI is InChI=1S/C13H14N4O/c1(8-17-9-2-6-16-17)5-14-13-11-4-10-18-12(11)3-7-15-13/h2-4,6-7,9-10H,1,5,8H2,(H,14,15). The number of hydrogen-bond acceptors (Lipinski definition) is 4. The lowest BCUT2D eigenvalue weighted by Crippen LogP contribution is -2.08. The minimum absolute atomic E-state index is 0.858. The normalized spacial score (nSPS) is 10.9. The molecule has 0 atom stereocenters. The van der Waals surface area contributed by atoms with Gasteiger partial charge in [0.05, 0.1) is 11.6 Å². The van der Waals surface area contributed by atoms with Gasteiger partial charge in [-0.25, -0.2) is 4.98 Å². The van der Waals surface area contributed by atoms with Crippen molar-refractivity contribution < 1.29 is 4.42 Å². The minimum Gasteiger partial charge on any atom is -0.464 e. The average Bonchev–Trinajstić information content (AvgIpc) is 3.05. The molecule has 0 spiro atoms. The van der Waals surface area contributed by atoms with Crippen molar-refractivity contribution in [2.75, 3.05) is 11.9 Å². The van der Waals surface area contributed by atoms with E-state index in [-0.39, 0.29) is 0 Å². The number of furan rings is 1. The Balaban J connectivity index is 1.58. The summed E-state index contributed by atoms with van der Waals surface area (Å²) in [5.41, 5.74) is 0.861. The van der Waals surface area contributed by atoms with Crippen LogP contribution in [0.3, 0.4) is 0 Å². The van der Waals surface area contributed by atoms with E-state index in [2.05, 4.69) is 15.4 Å². The van der Waals surface area contributed by atoms with Gasteiger partial charge in [-0.2, -0.15) is 5.10 Å². The van der Waals surface area contributed by atoms with Crippen LogP contribution < -0.4 is 5.32 Å². The second-order valence-corrected chi connectivity index (χ2v) is 4.04. The Bertz CT molecular complexity index is 615. The van der Waals surface area contributed by atoms with Gasteiger partial charge in [0.15, 0.2) is 0 Å². The average molecular weight is 242 g/mol. The van der Waals surface area contributed by atoms with E-state index >= 15 is 0 Å². The first-order chi connectivity index (χ1) is 8.93. The Morgan fingerprint density at radius 2 is 2.28 bits per heavy atom. The van der Waals surface area contributed by atoms with Crippen molar-refractivity contribution in [2.45, 2.75) is 13.0 Å². The molecule has 0 fully saturated rings. The summed E-state index contributed by atoms with van der Waals surface area (Å²) < 4.78 is 7.25. The molecule has 0 saturated carbocycles. The van der Waals surface area contributed by atoms with Crippen LogP contribution in [0, 0.1) is 0 Å². The van der Waals surface area contributed by atoms with Crippen molar-refractivity contribution >= 4 is 16.8 Å². The fraction of sp³-hybridized carbons (Fsp3) is 0.231. The highest BCUT2D eigenvalue weighted by atomic mass is 16.3. The molecule has 92 valence electrons. The van der Waals surface area contributed by atoms with Gasteiger partial charge in [-0.15, -0.1) is 0 Å². The van der Waals surface area contributed by atoms with Gasteiger partial charge < -0.3 is 9.73 Å². The number of rotatable bonds is 5. The highest BCUT2D eigenvalue weighted by Gasteiger charge is 2.03. The number of fused-ring (bicyclic) bond motifs is 1. The van der Waals surface area contributed by atoms with Crippen LogP contribution in [0.15, 0.2) is 47.5 Å². The molecule has 3 rings (SSSR count). The Morgan fingerprint density at radius 3 is 3.17 bits per heavy atom. The molecular formula is C13H14N4O. The summed E-state index contributed by atoms with van der Waals surface area (Å²) in [6.07, 6.45) is 8.19. The quantitative estimate of drug-likeness (QED) is 0.698. The lowest BCUT2D eigenvalue weighted by atomic mass is 10.3. The van der Waals surface area contributed by atoms with E-state index in [9.17, 15) is 0 Å². The van der Waals surface area contributed by atoms with Gasteiger partial charge in [-0.05, 0) is 24.6 Å². The van der Waals surface area contributed by atoms with Gasteiger partial charge in [-0.1, -0.05) is 0 Å². The maximum atomic E-state index is 5.33. The highest BCUT2D eigenvalue weighted by molar-refractivity contribution is 5.87. The molecule has 5 heteroatoms. The van der Waals surface area contributed by atoms with E-state index in [0.29, 0.717) is 0 Å². The van der Waals surface area contributed by atoms with E-state index in [1.54, 1.807) is 18.7 Å². The number of nitrogens with one attached hydrogen (secondary N) is 1. The molecule has 0 aliphatic rings. The lowest BCUT2D eigenvalue weighted by molar-refractivity contribution is 0.591. The maximum absolute atomic E-state index is 5.33.